The lowest BCUT2D eigenvalue weighted by atomic mass is 9.95. The van der Waals surface area contributed by atoms with E-state index in [2.05, 4.69) is 34.8 Å². The molecule has 1 atom stereocenters. The lowest BCUT2D eigenvalue weighted by molar-refractivity contribution is 0.0755. The van der Waals surface area contributed by atoms with Crippen molar-refractivity contribution in [1.82, 2.24) is 34.4 Å². The number of imidazole rings is 1. The van der Waals surface area contributed by atoms with Crippen LogP contribution in [0.5, 0.6) is 0 Å². The number of carbonyl (C=O) groups excluding carboxylic acids is 1. The Labute approximate surface area is 227 Å². The van der Waals surface area contributed by atoms with Gasteiger partial charge >= 0.3 is 0 Å². The maximum atomic E-state index is 13.4. The number of hydrogen-bond acceptors (Lipinski definition) is 6. The Morgan fingerprint density at radius 3 is 2.79 bits per heavy atom. The molecule has 0 bridgehead atoms. The third kappa shape index (κ3) is 5.67. The molecule has 1 aliphatic rings. The van der Waals surface area contributed by atoms with Crippen LogP contribution in [0.15, 0.2) is 73.3 Å². The van der Waals surface area contributed by atoms with Gasteiger partial charge in [-0.05, 0) is 74.1 Å². The molecule has 9 nitrogen and oxygen atoms in total. The van der Waals surface area contributed by atoms with Gasteiger partial charge in [-0.15, -0.1) is 0 Å². The summed E-state index contributed by atoms with van der Waals surface area (Å²) in [5, 5.41) is 4.25. The van der Waals surface area contributed by atoms with Crippen LogP contribution in [0.3, 0.4) is 0 Å². The highest BCUT2D eigenvalue weighted by Gasteiger charge is 2.23. The summed E-state index contributed by atoms with van der Waals surface area (Å²) in [6, 6.07) is 15.5. The van der Waals surface area contributed by atoms with Gasteiger partial charge in [-0.25, -0.2) is 15.0 Å². The van der Waals surface area contributed by atoms with E-state index in [4.69, 9.17) is 0 Å². The van der Waals surface area contributed by atoms with Crippen LogP contribution >= 0.6 is 0 Å². The minimum atomic E-state index is 0.0665. The van der Waals surface area contributed by atoms with Gasteiger partial charge in [0, 0.05) is 67.9 Å². The standard InChI is InChI=1S/C30H32N8O/c1-37-18-15-32-28(37)10-7-21-5-4-16-38(17-12-21)29(39)27-20-22-19-23(8-9-24(22)35-27)34-30-33-14-11-26(36-30)25-6-2-3-13-31-25/h2-3,6,8-9,11,13-15,18-21,35H,4-5,7,10,12,16-17H2,1H3,(H,33,34,36). The molecule has 39 heavy (non-hydrogen) atoms. The highest BCUT2D eigenvalue weighted by atomic mass is 16.2. The number of nitrogens with one attached hydrogen (secondary N) is 2. The zero-order valence-electron chi connectivity index (χ0n) is 22.0. The van der Waals surface area contributed by atoms with E-state index in [1.54, 1.807) is 12.4 Å². The number of anilines is 2. The van der Waals surface area contributed by atoms with Crippen molar-refractivity contribution in [3.63, 3.8) is 0 Å². The van der Waals surface area contributed by atoms with E-state index in [0.717, 1.165) is 79.0 Å². The van der Waals surface area contributed by atoms with E-state index in [9.17, 15) is 4.79 Å². The average Bonchev–Trinajstić information content (AvgIpc) is 3.50. The zero-order chi connectivity index (χ0) is 26.6. The molecule has 5 heterocycles. The maximum Gasteiger partial charge on any atom is 0.270 e. The Bertz CT molecular complexity index is 1570. The fraction of sp³-hybridized carbons (Fsp3) is 0.300. The largest absolute Gasteiger partial charge is 0.351 e. The monoisotopic (exact) mass is 520 g/mol. The number of amides is 1. The Hall–Kier alpha value is -4.53. The number of likely N-dealkylation sites (tertiary alicyclic amines) is 1. The maximum absolute atomic E-state index is 13.4. The van der Waals surface area contributed by atoms with Crippen molar-refractivity contribution in [1.29, 1.82) is 0 Å². The molecule has 5 aromatic rings. The summed E-state index contributed by atoms with van der Waals surface area (Å²) < 4.78 is 2.09. The molecule has 6 rings (SSSR count). The fourth-order valence-electron chi connectivity index (χ4n) is 5.33. The van der Waals surface area contributed by atoms with Gasteiger partial charge in [0.2, 0.25) is 5.95 Å². The Kier molecular flexibility index (Phi) is 7.03. The molecule has 1 amide bonds. The van der Waals surface area contributed by atoms with Crippen LogP contribution in [0.4, 0.5) is 11.6 Å². The number of aromatic nitrogens is 6. The second kappa shape index (κ2) is 11.1. The van der Waals surface area contributed by atoms with E-state index >= 15 is 0 Å². The number of pyridine rings is 1. The molecule has 1 saturated heterocycles. The molecular weight excluding hydrogens is 488 g/mol. The minimum Gasteiger partial charge on any atom is -0.351 e. The first-order valence-corrected chi connectivity index (χ1v) is 13.5. The summed E-state index contributed by atoms with van der Waals surface area (Å²) in [6.07, 6.45) is 12.6. The smallest absolute Gasteiger partial charge is 0.270 e. The number of aromatic amines is 1. The second-order valence-corrected chi connectivity index (χ2v) is 10.2. The summed E-state index contributed by atoms with van der Waals surface area (Å²) >= 11 is 0. The number of hydrogen-bond donors (Lipinski definition) is 2. The highest BCUT2D eigenvalue weighted by Crippen LogP contribution is 2.26. The van der Waals surface area contributed by atoms with Crippen molar-refractivity contribution < 1.29 is 4.79 Å². The predicted octanol–water partition coefficient (Wildman–Crippen LogP) is 5.37. The first-order valence-electron chi connectivity index (χ1n) is 13.5. The van der Waals surface area contributed by atoms with Crippen LogP contribution in [0, 0.1) is 5.92 Å². The third-order valence-electron chi connectivity index (χ3n) is 7.52. The molecule has 0 radical (unpaired) electrons. The minimum absolute atomic E-state index is 0.0665. The van der Waals surface area contributed by atoms with Gasteiger partial charge < -0.3 is 19.8 Å². The Balaban J connectivity index is 1.10. The van der Waals surface area contributed by atoms with Crippen molar-refractivity contribution in [3.8, 4) is 11.4 Å². The Morgan fingerprint density at radius 1 is 1.00 bits per heavy atom. The predicted molar refractivity (Wildman–Crippen MR) is 152 cm³/mol. The van der Waals surface area contributed by atoms with Gasteiger partial charge in [-0.1, -0.05) is 6.07 Å². The fourth-order valence-corrected chi connectivity index (χ4v) is 5.33. The van der Waals surface area contributed by atoms with E-state index < -0.39 is 0 Å². The van der Waals surface area contributed by atoms with Crippen molar-refractivity contribution in [2.24, 2.45) is 13.0 Å². The SMILES string of the molecule is Cn1ccnc1CCC1CCCN(C(=O)c2cc3cc(Nc4nccc(-c5ccccn5)n4)ccc3[nH]2)CC1. The number of fused-ring (bicyclic) bond motifs is 1. The van der Waals surface area contributed by atoms with Crippen molar-refractivity contribution in [2.45, 2.75) is 32.1 Å². The molecule has 0 aliphatic carbocycles. The normalized spacial score (nSPS) is 15.8. The van der Waals surface area contributed by atoms with Crippen LogP contribution in [-0.2, 0) is 13.5 Å². The van der Waals surface area contributed by atoms with Crippen LogP contribution in [0.25, 0.3) is 22.3 Å². The molecule has 2 N–H and O–H groups in total. The third-order valence-corrected chi connectivity index (χ3v) is 7.52. The van der Waals surface area contributed by atoms with Crippen molar-refractivity contribution in [3.05, 3.63) is 84.8 Å². The van der Waals surface area contributed by atoms with E-state index in [-0.39, 0.29) is 5.91 Å². The summed E-state index contributed by atoms with van der Waals surface area (Å²) in [5.41, 5.74) is 3.95. The molecule has 0 saturated carbocycles. The quantitative estimate of drug-likeness (QED) is 0.299. The van der Waals surface area contributed by atoms with Gasteiger partial charge in [0.1, 0.15) is 11.5 Å². The number of aryl methyl sites for hydroxylation is 2. The molecule has 198 valence electrons. The van der Waals surface area contributed by atoms with Crippen LogP contribution in [0.1, 0.15) is 42.0 Å². The molecule has 1 unspecified atom stereocenters. The molecule has 1 aliphatic heterocycles. The Morgan fingerprint density at radius 2 is 1.95 bits per heavy atom. The molecule has 1 fully saturated rings. The van der Waals surface area contributed by atoms with Gasteiger partial charge in [-0.2, -0.15) is 0 Å². The van der Waals surface area contributed by atoms with Crippen LogP contribution in [0.2, 0.25) is 0 Å². The van der Waals surface area contributed by atoms with Crippen LogP contribution in [-0.4, -0.2) is 53.4 Å². The summed E-state index contributed by atoms with van der Waals surface area (Å²) in [5.74, 6) is 2.31. The van der Waals surface area contributed by atoms with E-state index in [1.165, 1.54) is 0 Å². The van der Waals surface area contributed by atoms with E-state index in [0.29, 0.717) is 17.6 Å². The second-order valence-electron chi connectivity index (χ2n) is 10.2. The first kappa shape index (κ1) is 24.8. The molecular formula is C30H32N8O. The zero-order valence-corrected chi connectivity index (χ0v) is 22.0. The average molecular weight is 521 g/mol. The number of H-pyrrole nitrogens is 1. The molecule has 1 aromatic carbocycles. The number of carbonyl (C=O) groups is 1. The molecule has 4 aromatic heterocycles. The molecule has 9 heteroatoms. The van der Waals surface area contributed by atoms with Crippen molar-refractivity contribution >= 4 is 28.4 Å². The summed E-state index contributed by atoms with van der Waals surface area (Å²) in [7, 11) is 2.05. The topological polar surface area (TPSA) is 105 Å². The number of nitrogens with zero attached hydrogens (tertiary/aromatic N) is 6. The summed E-state index contributed by atoms with van der Waals surface area (Å²) in [4.78, 5) is 36.5. The lowest BCUT2D eigenvalue weighted by Crippen LogP contribution is -2.32. The van der Waals surface area contributed by atoms with Crippen molar-refractivity contribution in [2.75, 3.05) is 18.4 Å². The first-order chi connectivity index (χ1) is 19.1. The van der Waals surface area contributed by atoms with Gasteiger partial charge in [0.05, 0.1) is 11.4 Å². The summed E-state index contributed by atoms with van der Waals surface area (Å²) in [6.45, 7) is 1.58. The number of rotatable bonds is 7. The number of benzene rings is 1. The van der Waals surface area contributed by atoms with Gasteiger partial charge in [0.25, 0.3) is 5.91 Å². The highest BCUT2D eigenvalue weighted by molar-refractivity contribution is 5.98. The molecule has 0 spiro atoms. The van der Waals surface area contributed by atoms with Gasteiger partial charge in [0.15, 0.2) is 0 Å². The lowest BCUT2D eigenvalue weighted by Gasteiger charge is -2.20. The van der Waals surface area contributed by atoms with Gasteiger partial charge in [-0.3, -0.25) is 9.78 Å². The van der Waals surface area contributed by atoms with Crippen LogP contribution < -0.4 is 5.32 Å². The van der Waals surface area contributed by atoms with E-state index in [1.807, 2.05) is 72.9 Å².